The fraction of sp³-hybridized carbons (Fsp3) is 0.278. The van der Waals surface area contributed by atoms with Gasteiger partial charge in [-0.05, 0) is 48.9 Å². The zero-order chi connectivity index (χ0) is 16.7. The molecule has 1 fully saturated rings. The average molecular weight is 326 g/mol. The number of ether oxygens (including phenoxy) is 3. The van der Waals surface area contributed by atoms with E-state index in [1.54, 1.807) is 4.90 Å². The molecule has 0 aliphatic carbocycles. The van der Waals surface area contributed by atoms with Crippen molar-refractivity contribution in [2.45, 2.75) is 19.0 Å². The maximum atomic E-state index is 12.3. The van der Waals surface area contributed by atoms with Crippen LogP contribution >= 0.6 is 0 Å². The summed E-state index contributed by atoms with van der Waals surface area (Å²) < 4.78 is 16.2. The van der Waals surface area contributed by atoms with E-state index >= 15 is 0 Å². The summed E-state index contributed by atoms with van der Waals surface area (Å²) >= 11 is 0. The third kappa shape index (κ3) is 2.27. The molecule has 2 atom stereocenters. The molecule has 2 aromatic carbocycles. The van der Waals surface area contributed by atoms with Crippen LogP contribution in [0.25, 0.3) is 0 Å². The lowest BCUT2D eigenvalue weighted by atomic mass is 9.88. The number of nitrogens with zero attached hydrogens (tertiary/aromatic N) is 1. The Hall–Kier alpha value is -2.73. The molecule has 0 spiro atoms. The van der Waals surface area contributed by atoms with Crippen molar-refractivity contribution in [3.8, 4) is 17.2 Å². The average Bonchev–Trinajstić information content (AvgIpc) is 3.07. The quantitative estimate of drug-likeness (QED) is 0.872. The molecule has 1 saturated heterocycles. The highest BCUT2D eigenvalue weighted by atomic mass is 16.7. The van der Waals surface area contributed by atoms with Crippen LogP contribution in [0.1, 0.15) is 18.5 Å². The van der Waals surface area contributed by atoms with Crippen LogP contribution < -0.4 is 24.8 Å². The van der Waals surface area contributed by atoms with Crippen LogP contribution in [-0.4, -0.2) is 25.3 Å². The standard InChI is InChI=1S/C18H18N2O4/c1-2-22-13-6-4-12(5-7-13)20-17(16(19)18(20)21)11-3-8-14-15(9-11)24-10-23-14/h3-9,16-17H,2,10,19H2,1H3/t16-,17-/m0/s1. The second kappa shape index (κ2) is 5.72. The van der Waals surface area contributed by atoms with Crippen molar-refractivity contribution in [3.05, 3.63) is 48.0 Å². The highest BCUT2D eigenvalue weighted by molar-refractivity contribution is 6.05. The van der Waals surface area contributed by atoms with Crippen LogP contribution in [0.5, 0.6) is 17.2 Å². The summed E-state index contributed by atoms with van der Waals surface area (Å²) in [5.74, 6) is 2.08. The van der Waals surface area contributed by atoms with Crippen LogP contribution in [0.4, 0.5) is 5.69 Å². The van der Waals surface area contributed by atoms with Gasteiger partial charge in [0.2, 0.25) is 12.7 Å². The number of β-lactam (4-membered cyclic amide) rings is 1. The lowest BCUT2D eigenvalue weighted by Gasteiger charge is -2.45. The summed E-state index contributed by atoms with van der Waals surface area (Å²) in [6, 6.07) is 12.3. The summed E-state index contributed by atoms with van der Waals surface area (Å²) in [7, 11) is 0. The number of nitrogens with two attached hydrogens (primary N) is 1. The van der Waals surface area contributed by atoms with Gasteiger partial charge in [-0.2, -0.15) is 0 Å². The minimum atomic E-state index is -0.558. The second-order valence-corrected chi connectivity index (χ2v) is 5.72. The van der Waals surface area contributed by atoms with Crippen molar-refractivity contribution >= 4 is 11.6 Å². The van der Waals surface area contributed by atoms with Crippen molar-refractivity contribution < 1.29 is 19.0 Å². The number of amides is 1. The highest BCUT2D eigenvalue weighted by Crippen LogP contribution is 2.42. The van der Waals surface area contributed by atoms with E-state index in [0.717, 1.165) is 17.0 Å². The fourth-order valence-electron chi connectivity index (χ4n) is 3.12. The molecule has 0 aromatic heterocycles. The second-order valence-electron chi connectivity index (χ2n) is 5.72. The zero-order valence-electron chi connectivity index (χ0n) is 13.3. The van der Waals surface area contributed by atoms with Crippen molar-refractivity contribution in [1.29, 1.82) is 0 Å². The van der Waals surface area contributed by atoms with Crippen LogP contribution in [0, 0.1) is 0 Å². The Morgan fingerprint density at radius 3 is 2.67 bits per heavy atom. The maximum Gasteiger partial charge on any atom is 0.247 e. The van der Waals surface area contributed by atoms with Gasteiger partial charge in [0.05, 0.1) is 12.6 Å². The van der Waals surface area contributed by atoms with Gasteiger partial charge < -0.3 is 24.8 Å². The molecule has 2 heterocycles. The molecule has 0 bridgehead atoms. The molecule has 1 amide bonds. The monoisotopic (exact) mass is 326 g/mol. The van der Waals surface area contributed by atoms with Crippen LogP contribution in [-0.2, 0) is 4.79 Å². The Labute approximate surface area is 139 Å². The van der Waals surface area contributed by atoms with Crippen LogP contribution in [0.3, 0.4) is 0 Å². The zero-order valence-corrected chi connectivity index (χ0v) is 13.3. The molecule has 2 aliphatic heterocycles. The Morgan fingerprint density at radius 1 is 1.17 bits per heavy atom. The van der Waals surface area contributed by atoms with E-state index in [0.29, 0.717) is 18.1 Å². The molecule has 0 unspecified atom stereocenters. The normalized spacial score (nSPS) is 21.6. The molecule has 0 saturated carbocycles. The molecule has 2 N–H and O–H groups in total. The number of fused-ring (bicyclic) bond motifs is 1. The molecule has 24 heavy (non-hydrogen) atoms. The minimum absolute atomic E-state index is 0.0955. The Balaban J connectivity index is 1.63. The number of rotatable bonds is 4. The number of anilines is 1. The first-order valence-corrected chi connectivity index (χ1v) is 7.90. The lowest BCUT2D eigenvalue weighted by molar-refractivity contribution is -0.126. The van der Waals surface area contributed by atoms with E-state index in [1.165, 1.54) is 0 Å². The maximum absolute atomic E-state index is 12.3. The molecule has 124 valence electrons. The van der Waals surface area contributed by atoms with Crippen molar-refractivity contribution in [2.75, 3.05) is 18.3 Å². The Bertz CT molecular complexity index is 775. The number of hydrogen-bond acceptors (Lipinski definition) is 5. The highest BCUT2D eigenvalue weighted by Gasteiger charge is 2.47. The molecular formula is C18H18N2O4. The third-order valence-electron chi connectivity index (χ3n) is 4.30. The summed E-state index contributed by atoms with van der Waals surface area (Å²) in [6.45, 7) is 2.76. The van der Waals surface area contributed by atoms with Gasteiger partial charge in [-0.1, -0.05) is 6.07 Å². The molecule has 6 nitrogen and oxygen atoms in total. The number of benzene rings is 2. The van der Waals surface area contributed by atoms with E-state index < -0.39 is 6.04 Å². The van der Waals surface area contributed by atoms with Gasteiger partial charge in [0.1, 0.15) is 11.8 Å². The first-order valence-electron chi connectivity index (χ1n) is 7.90. The van der Waals surface area contributed by atoms with Gasteiger partial charge in [-0.3, -0.25) is 4.79 Å². The smallest absolute Gasteiger partial charge is 0.247 e. The topological polar surface area (TPSA) is 74.0 Å². The predicted octanol–water partition coefficient (Wildman–Crippen LogP) is 2.23. The van der Waals surface area contributed by atoms with Crippen molar-refractivity contribution in [2.24, 2.45) is 5.73 Å². The van der Waals surface area contributed by atoms with E-state index in [2.05, 4.69) is 0 Å². The molecule has 2 aliphatic rings. The van der Waals surface area contributed by atoms with Crippen LogP contribution in [0.2, 0.25) is 0 Å². The van der Waals surface area contributed by atoms with Gasteiger partial charge >= 0.3 is 0 Å². The first kappa shape index (κ1) is 14.8. The van der Waals surface area contributed by atoms with Crippen molar-refractivity contribution in [1.82, 2.24) is 0 Å². The lowest BCUT2D eigenvalue weighted by Crippen LogP contribution is -2.63. The van der Waals surface area contributed by atoms with Crippen LogP contribution in [0.15, 0.2) is 42.5 Å². The van der Waals surface area contributed by atoms with Crippen molar-refractivity contribution in [3.63, 3.8) is 0 Å². The van der Waals surface area contributed by atoms with E-state index in [9.17, 15) is 4.79 Å². The predicted molar refractivity (Wildman–Crippen MR) is 88.4 cm³/mol. The van der Waals surface area contributed by atoms with E-state index in [1.807, 2.05) is 49.4 Å². The third-order valence-corrected chi connectivity index (χ3v) is 4.30. The minimum Gasteiger partial charge on any atom is -0.494 e. The van der Waals surface area contributed by atoms with Gasteiger partial charge in [-0.15, -0.1) is 0 Å². The largest absolute Gasteiger partial charge is 0.494 e. The molecule has 4 rings (SSSR count). The van der Waals surface area contributed by atoms with Gasteiger partial charge in [0, 0.05) is 5.69 Å². The molecule has 6 heteroatoms. The number of carbonyl (C=O) groups is 1. The number of carbonyl (C=O) groups excluding carboxylic acids is 1. The SMILES string of the molecule is CCOc1ccc(N2C(=O)[C@@H](N)[C@@H]2c2ccc3c(c2)OCO3)cc1. The summed E-state index contributed by atoms with van der Waals surface area (Å²) in [5.41, 5.74) is 7.79. The molecular weight excluding hydrogens is 308 g/mol. The van der Waals surface area contributed by atoms with Gasteiger partial charge in [0.15, 0.2) is 11.5 Å². The number of hydrogen-bond donors (Lipinski definition) is 1. The van der Waals surface area contributed by atoms with E-state index in [4.69, 9.17) is 19.9 Å². The summed E-state index contributed by atoms with van der Waals surface area (Å²) in [4.78, 5) is 14.0. The Morgan fingerprint density at radius 2 is 1.92 bits per heavy atom. The van der Waals surface area contributed by atoms with Gasteiger partial charge in [0.25, 0.3) is 0 Å². The van der Waals surface area contributed by atoms with E-state index in [-0.39, 0.29) is 18.7 Å². The molecule has 0 radical (unpaired) electrons. The summed E-state index contributed by atoms with van der Waals surface area (Å²) in [5, 5.41) is 0. The molecule has 2 aromatic rings. The Kier molecular flexibility index (Phi) is 3.54. The summed E-state index contributed by atoms with van der Waals surface area (Å²) in [6.07, 6.45) is 0. The first-order chi connectivity index (χ1) is 11.7. The fourth-order valence-corrected chi connectivity index (χ4v) is 3.12. The van der Waals surface area contributed by atoms with Gasteiger partial charge in [-0.25, -0.2) is 0 Å².